The predicted octanol–water partition coefficient (Wildman–Crippen LogP) is 4.40. The molecule has 23 heavy (non-hydrogen) atoms. The third kappa shape index (κ3) is 4.80. The van der Waals surface area contributed by atoms with Gasteiger partial charge in [0.1, 0.15) is 0 Å². The molecule has 1 unspecified atom stereocenters. The Morgan fingerprint density at radius 3 is 2.74 bits per heavy atom. The molecule has 3 nitrogen and oxygen atoms in total. The van der Waals surface area contributed by atoms with Crippen LogP contribution in [0.2, 0.25) is 5.02 Å². The summed E-state index contributed by atoms with van der Waals surface area (Å²) in [5.41, 5.74) is 8.26. The van der Waals surface area contributed by atoms with E-state index in [0.717, 1.165) is 48.9 Å². The second-order valence-electron chi connectivity index (χ2n) is 6.16. The van der Waals surface area contributed by atoms with Crippen LogP contribution in [-0.2, 0) is 5.54 Å². The number of rotatable bonds is 8. The molecule has 0 saturated carbocycles. The molecule has 1 aromatic carbocycles. The zero-order chi connectivity index (χ0) is 16.9. The topological polar surface area (TPSA) is 42.1 Å². The van der Waals surface area contributed by atoms with Crippen LogP contribution < -0.4 is 5.73 Å². The molecular formula is C18H25Cl2N3. The van der Waals surface area contributed by atoms with Crippen molar-refractivity contribution in [2.45, 2.75) is 32.2 Å². The molecule has 0 aliphatic heterocycles. The van der Waals surface area contributed by atoms with Crippen LogP contribution in [0, 0.1) is 0 Å². The highest BCUT2D eigenvalue weighted by Gasteiger charge is 2.23. The average Bonchev–Trinajstić information content (AvgIpc) is 2.53. The molecule has 0 radical (unpaired) electrons. The van der Waals surface area contributed by atoms with Crippen molar-refractivity contribution in [2.75, 3.05) is 25.5 Å². The second kappa shape index (κ2) is 8.29. The van der Waals surface area contributed by atoms with Gasteiger partial charge in [0.25, 0.3) is 0 Å². The van der Waals surface area contributed by atoms with Gasteiger partial charge >= 0.3 is 0 Å². The van der Waals surface area contributed by atoms with Crippen molar-refractivity contribution in [2.24, 2.45) is 5.73 Å². The monoisotopic (exact) mass is 353 g/mol. The number of halogens is 2. The Balaban J connectivity index is 2.13. The predicted molar refractivity (Wildman–Crippen MR) is 100 cm³/mol. The van der Waals surface area contributed by atoms with Crippen molar-refractivity contribution < 1.29 is 0 Å². The van der Waals surface area contributed by atoms with E-state index < -0.39 is 5.54 Å². The fourth-order valence-corrected chi connectivity index (χ4v) is 3.38. The number of fused-ring (bicyclic) bond motifs is 1. The molecule has 1 atom stereocenters. The molecule has 1 aromatic heterocycles. The first-order valence-electron chi connectivity index (χ1n) is 8.10. The lowest BCUT2D eigenvalue weighted by Gasteiger charge is -2.28. The van der Waals surface area contributed by atoms with Gasteiger partial charge in [-0.3, -0.25) is 4.98 Å². The highest BCUT2D eigenvalue weighted by molar-refractivity contribution is 6.31. The number of nitrogens with two attached hydrogens (primary N) is 1. The Bertz CT molecular complexity index is 643. The molecule has 0 amide bonds. The van der Waals surface area contributed by atoms with Crippen LogP contribution in [0.15, 0.2) is 30.5 Å². The summed E-state index contributed by atoms with van der Waals surface area (Å²) >= 11 is 11.9. The number of alkyl halides is 1. The van der Waals surface area contributed by atoms with E-state index in [2.05, 4.69) is 23.7 Å². The van der Waals surface area contributed by atoms with Crippen LogP contribution >= 0.6 is 23.2 Å². The normalized spacial score (nSPS) is 14.3. The van der Waals surface area contributed by atoms with Gasteiger partial charge in [0.05, 0.1) is 5.52 Å². The smallest absolute Gasteiger partial charge is 0.0720 e. The van der Waals surface area contributed by atoms with Gasteiger partial charge in [0.15, 0.2) is 0 Å². The Morgan fingerprint density at radius 1 is 1.26 bits per heavy atom. The average molecular weight is 354 g/mol. The summed E-state index contributed by atoms with van der Waals surface area (Å²) in [5.74, 6) is 0.670. The Labute approximate surface area is 148 Å². The molecule has 126 valence electrons. The minimum absolute atomic E-state index is 0.393. The van der Waals surface area contributed by atoms with Crippen LogP contribution in [0.1, 0.15) is 32.3 Å². The maximum Gasteiger partial charge on any atom is 0.0720 e. The first-order valence-corrected chi connectivity index (χ1v) is 9.01. The summed E-state index contributed by atoms with van der Waals surface area (Å²) in [6, 6.07) is 7.81. The standard InChI is InChI=1S/C18H25Cl2N3/c1-3-23(12-9-19)11-4-8-18(2,21)16-7-10-22-17-13-14(20)5-6-15(16)17/h5-7,10,13H,3-4,8-9,11-12,21H2,1-2H3. The Morgan fingerprint density at radius 2 is 2.04 bits per heavy atom. The minimum atomic E-state index is -0.393. The number of aromatic nitrogens is 1. The Hall–Kier alpha value is -0.870. The van der Waals surface area contributed by atoms with Crippen LogP contribution in [0.3, 0.4) is 0 Å². The largest absolute Gasteiger partial charge is 0.322 e. The van der Waals surface area contributed by atoms with Crippen molar-refractivity contribution >= 4 is 34.1 Å². The first kappa shape index (κ1) is 18.5. The van der Waals surface area contributed by atoms with Crippen molar-refractivity contribution in [1.82, 2.24) is 9.88 Å². The van der Waals surface area contributed by atoms with Crippen LogP contribution in [-0.4, -0.2) is 35.4 Å². The van der Waals surface area contributed by atoms with Crippen molar-refractivity contribution in [3.63, 3.8) is 0 Å². The van der Waals surface area contributed by atoms with E-state index >= 15 is 0 Å². The van der Waals surface area contributed by atoms with E-state index in [1.807, 2.05) is 30.5 Å². The SMILES string of the molecule is CCN(CCCl)CCCC(C)(N)c1ccnc2cc(Cl)ccc12. The molecule has 0 bridgehead atoms. The van der Waals surface area contributed by atoms with Gasteiger partial charge in [-0.2, -0.15) is 0 Å². The van der Waals surface area contributed by atoms with Gasteiger partial charge in [-0.1, -0.05) is 24.6 Å². The number of hydrogen-bond acceptors (Lipinski definition) is 3. The lowest BCUT2D eigenvalue weighted by molar-refractivity contribution is 0.283. The second-order valence-corrected chi connectivity index (χ2v) is 6.98. The summed E-state index contributed by atoms with van der Waals surface area (Å²) in [6.45, 7) is 7.22. The lowest BCUT2D eigenvalue weighted by atomic mass is 9.86. The summed E-state index contributed by atoms with van der Waals surface area (Å²) in [5, 5.41) is 1.77. The van der Waals surface area contributed by atoms with E-state index in [9.17, 15) is 0 Å². The Kier molecular flexibility index (Phi) is 6.66. The zero-order valence-corrected chi connectivity index (χ0v) is 15.4. The van der Waals surface area contributed by atoms with Gasteiger partial charge in [-0.25, -0.2) is 0 Å². The third-order valence-electron chi connectivity index (χ3n) is 4.34. The lowest BCUT2D eigenvalue weighted by Crippen LogP contribution is -2.35. The number of nitrogens with zero attached hydrogens (tertiary/aromatic N) is 2. The van der Waals surface area contributed by atoms with Crippen LogP contribution in [0.25, 0.3) is 10.9 Å². The van der Waals surface area contributed by atoms with Crippen LogP contribution in [0.5, 0.6) is 0 Å². The fourth-order valence-electron chi connectivity index (χ4n) is 2.97. The summed E-state index contributed by atoms with van der Waals surface area (Å²) in [7, 11) is 0. The molecule has 2 rings (SSSR count). The summed E-state index contributed by atoms with van der Waals surface area (Å²) in [4.78, 5) is 6.75. The maximum absolute atomic E-state index is 6.64. The van der Waals surface area contributed by atoms with Gasteiger partial charge in [0.2, 0.25) is 0 Å². The number of pyridine rings is 1. The third-order valence-corrected chi connectivity index (χ3v) is 4.74. The van der Waals surface area contributed by atoms with Gasteiger partial charge in [-0.05, 0) is 56.6 Å². The molecule has 0 aliphatic carbocycles. The number of hydrogen-bond donors (Lipinski definition) is 1. The van der Waals surface area contributed by atoms with E-state index in [1.165, 1.54) is 0 Å². The summed E-state index contributed by atoms with van der Waals surface area (Å²) < 4.78 is 0. The quantitative estimate of drug-likeness (QED) is 0.715. The van der Waals surface area contributed by atoms with E-state index in [0.29, 0.717) is 10.9 Å². The zero-order valence-electron chi connectivity index (χ0n) is 13.9. The van der Waals surface area contributed by atoms with Gasteiger partial charge in [-0.15, -0.1) is 11.6 Å². The summed E-state index contributed by atoms with van der Waals surface area (Å²) in [6.07, 6.45) is 3.76. The maximum atomic E-state index is 6.64. The molecule has 0 fully saturated rings. The highest BCUT2D eigenvalue weighted by atomic mass is 35.5. The van der Waals surface area contributed by atoms with Crippen LogP contribution in [0.4, 0.5) is 0 Å². The minimum Gasteiger partial charge on any atom is -0.322 e. The molecule has 1 heterocycles. The molecule has 0 saturated heterocycles. The molecular weight excluding hydrogens is 329 g/mol. The van der Waals surface area contributed by atoms with Crippen molar-refractivity contribution in [1.29, 1.82) is 0 Å². The van der Waals surface area contributed by atoms with E-state index in [4.69, 9.17) is 28.9 Å². The van der Waals surface area contributed by atoms with E-state index in [1.54, 1.807) is 0 Å². The molecule has 2 aromatic rings. The van der Waals surface area contributed by atoms with Crippen molar-refractivity contribution in [3.8, 4) is 0 Å². The van der Waals surface area contributed by atoms with Gasteiger partial charge in [0, 0.05) is 34.6 Å². The first-order chi connectivity index (χ1) is 11.0. The van der Waals surface area contributed by atoms with E-state index in [-0.39, 0.29) is 0 Å². The molecule has 0 spiro atoms. The molecule has 2 N–H and O–H groups in total. The van der Waals surface area contributed by atoms with Gasteiger partial charge < -0.3 is 10.6 Å². The fraction of sp³-hybridized carbons (Fsp3) is 0.500. The van der Waals surface area contributed by atoms with Crippen molar-refractivity contribution in [3.05, 3.63) is 41.0 Å². The molecule has 5 heteroatoms. The number of benzene rings is 1. The highest BCUT2D eigenvalue weighted by Crippen LogP contribution is 2.30. The molecule has 0 aliphatic rings.